The van der Waals surface area contributed by atoms with Crippen LogP contribution in [0.15, 0.2) is 35.3 Å². The first-order valence-electron chi connectivity index (χ1n) is 8.40. The molecule has 6 heteroatoms. The number of hydrogen-bond acceptors (Lipinski definition) is 6. The Kier molecular flexibility index (Phi) is 3.83. The molecule has 1 fully saturated rings. The fraction of sp³-hybridized carbons (Fsp3) is 0.300. The molecule has 2 aromatic rings. The van der Waals surface area contributed by atoms with Crippen LogP contribution in [0.1, 0.15) is 22.8 Å². The summed E-state index contributed by atoms with van der Waals surface area (Å²) in [7, 11) is 3.13. The lowest BCUT2D eigenvalue weighted by Gasteiger charge is -2.20. The number of benzene rings is 2. The zero-order chi connectivity index (χ0) is 18.4. The van der Waals surface area contributed by atoms with Crippen molar-refractivity contribution in [3.8, 4) is 11.5 Å². The van der Waals surface area contributed by atoms with Crippen molar-refractivity contribution in [3.63, 3.8) is 0 Å². The number of carbonyl (C=O) groups is 1. The van der Waals surface area contributed by atoms with Crippen LogP contribution in [0.4, 0.5) is 11.4 Å². The predicted octanol–water partition coefficient (Wildman–Crippen LogP) is 3.49. The largest absolute Gasteiger partial charge is 0.493 e. The van der Waals surface area contributed by atoms with Crippen molar-refractivity contribution in [3.05, 3.63) is 47.0 Å². The van der Waals surface area contributed by atoms with Gasteiger partial charge in [0.25, 0.3) is 0 Å². The molecule has 1 saturated heterocycles. The molecule has 26 heavy (non-hydrogen) atoms. The van der Waals surface area contributed by atoms with E-state index in [9.17, 15) is 4.79 Å². The number of Topliss-reactive ketones (excluding diaryl/α,β-unsaturated/α-hetero) is 1. The number of carbonyl (C=O) groups excluding carboxylic acids is 1. The van der Waals surface area contributed by atoms with Gasteiger partial charge < -0.3 is 19.5 Å². The highest BCUT2D eigenvalue weighted by atomic mass is 16.5. The molecule has 1 N–H and O–H groups in total. The van der Waals surface area contributed by atoms with Gasteiger partial charge in [-0.1, -0.05) is 6.07 Å². The first-order valence-corrected chi connectivity index (χ1v) is 8.40. The second-order valence-corrected chi connectivity index (χ2v) is 6.50. The number of ether oxygens (including phenoxy) is 3. The molecule has 2 aliphatic heterocycles. The van der Waals surface area contributed by atoms with E-state index in [4.69, 9.17) is 14.2 Å². The smallest absolute Gasteiger partial charge is 0.220 e. The van der Waals surface area contributed by atoms with Crippen molar-refractivity contribution in [1.29, 1.82) is 0 Å². The summed E-state index contributed by atoms with van der Waals surface area (Å²) < 4.78 is 16.5. The summed E-state index contributed by atoms with van der Waals surface area (Å²) in [6.07, 6.45) is -0.720. The summed E-state index contributed by atoms with van der Waals surface area (Å²) in [5.74, 6) is 1.50. The minimum absolute atomic E-state index is 0.0696. The molecule has 0 spiro atoms. The number of rotatable bonds is 3. The SMILES string of the molecule is COc1ccc(C2OC3=Nc4cc(C)c(C)cc4NC3C2=O)cc1OC. The highest BCUT2D eigenvalue weighted by Crippen LogP contribution is 2.40. The Morgan fingerprint density at radius 2 is 1.77 bits per heavy atom. The lowest BCUT2D eigenvalue weighted by Crippen LogP contribution is -2.34. The van der Waals surface area contributed by atoms with Gasteiger partial charge in [-0.2, -0.15) is 0 Å². The molecular weight excluding hydrogens is 332 g/mol. The molecule has 2 atom stereocenters. The quantitative estimate of drug-likeness (QED) is 0.916. The number of anilines is 1. The normalized spacial score (nSPS) is 20.5. The highest BCUT2D eigenvalue weighted by Gasteiger charge is 2.44. The van der Waals surface area contributed by atoms with Crippen LogP contribution in [0.2, 0.25) is 0 Å². The summed E-state index contributed by atoms with van der Waals surface area (Å²) in [5, 5.41) is 3.27. The first kappa shape index (κ1) is 16.4. The van der Waals surface area contributed by atoms with Crippen LogP contribution in [0.3, 0.4) is 0 Å². The van der Waals surface area contributed by atoms with Crippen LogP contribution in [-0.4, -0.2) is 31.9 Å². The van der Waals surface area contributed by atoms with Gasteiger partial charge in [0.1, 0.15) is 0 Å². The van der Waals surface area contributed by atoms with Crippen LogP contribution in [0.5, 0.6) is 11.5 Å². The lowest BCUT2D eigenvalue weighted by atomic mass is 10.0. The predicted molar refractivity (Wildman–Crippen MR) is 98.8 cm³/mol. The molecule has 2 aliphatic rings. The second-order valence-electron chi connectivity index (χ2n) is 6.50. The van der Waals surface area contributed by atoms with Crippen molar-refractivity contribution in [2.24, 2.45) is 4.99 Å². The molecule has 4 rings (SSSR count). The van der Waals surface area contributed by atoms with Gasteiger partial charge in [0, 0.05) is 5.56 Å². The average molecular weight is 352 g/mol. The van der Waals surface area contributed by atoms with Crippen molar-refractivity contribution >= 4 is 23.1 Å². The maximum absolute atomic E-state index is 12.9. The van der Waals surface area contributed by atoms with E-state index < -0.39 is 12.1 Å². The Hall–Kier alpha value is -3.02. The summed E-state index contributed by atoms with van der Waals surface area (Å²) in [6.45, 7) is 4.07. The van der Waals surface area contributed by atoms with Gasteiger partial charge in [0.15, 0.2) is 23.6 Å². The van der Waals surface area contributed by atoms with E-state index >= 15 is 0 Å². The topological polar surface area (TPSA) is 69.2 Å². The first-order chi connectivity index (χ1) is 12.5. The van der Waals surface area contributed by atoms with Gasteiger partial charge in [-0.3, -0.25) is 4.79 Å². The maximum Gasteiger partial charge on any atom is 0.220 e. The average Bonchev–Trinajstić information content (AvgIpc) is 2.96. The number of fused-ring (bicyclic) bond motifs is 2. The molecule has 0 radical (unpaired) electrons. The molecule has 0 saturated carbocycles. The third kappa shape index (κ3) is 2.49. The van der Waals surface area contributed by atoms with E-state index in [1.54, 1.807) is 26.4 Å². The monoisotopic (exact) mass is 352 g/mol. The zero-order valence-electron chi connectivity index (χ0n) is 15.1. The Labute approximate surface area is 151 Å². The number of ketones is 1. The van der Waals surface area contributed by atoms with Crippen LogP contribution in [-0.2, 0) is 9.53 Å². The number of hydrogen-bond donors (Lipinski definition) is 1. The van der Waals surface area contributed by atoms with Crippen molar-refractivity contribution in [2.45, 2.75) is 26.0 Å². The van der Waals surface area contributed by atoms with Crippen molar-refractivity contribution in [1.82, 2.24) is 0 Å². The third-order valence-corrected chi connectivity index (χ3v) is 4.88. The van der Waals surface area contributed by atoms with Gasteiger partial charge in [0.05, 0.1) is 25.6 Å². The molecule has 2 unspecified atom stereocenters. The molecule has 6 nitrogen and oxygen atoms in total. The van der Waals surface area contributed by atoms with E-state index in [1.807, 2.05) is 32.0 Å². The van der Waals surface area contributed by atoms with Crippen LogP contribution < -0.4 is 14.8 Å². The lowest BCUT2D eigenvalue weighted by molar-refractivity contribution is -0.122. The summed E-state index contributed by atoms with van der Waals surface area (Å²) in [6, 6.07) is 8.79. The van der Waals surface area contributed by atoms with Gasteiger partial charge in [-0.25, -0.2) is 4.99 Å². The molecule has 0 aromatic heterocycles. The number of nitrogens with one attached hydrogen (secondary N) is 1. The minimum Gasteiger partial charge on any atom is -0.493 e. The molecule has 2 aromatic carbocycles. The minimum atomic E-state index is -0.720. The van der Waals surface area contributed by atoms with E-state index in [-0.39, 0.29) is 5.78 Å². The Bertz CT molecular complexity index is 936. The van der Waals surface area contributed by atoms with E-state index in [0.717, 1.165) is 22.5 Å². The van der Waals surface area contributed by atoms with E-state index in [1.165, 1.54) is 0 Å². The Morgan fingerprint density at radius 1 is 1.04 bits per heavy atom. The third-order valence-electron chi connectivity index (χ3n) is 4.88. The Morgan fingerprint density at radius 3 is 2.50 bits per heavy atom. The zero-order valence-corrected chi connectivity index (χ0v) is 15.1. The Balaban J connectivity index is 1.68. The van der Waals surface area contributed by atoms with Gasteiger partial charge in [-0.05, 0) is 49.2 Å². The van der Waals surface area contributed by atoms with Gasteiger partial charge >= 0.3 is 0 Å². The number of aryl methyl sites for hydroxylation is 2. The van der Waals surface area contributed by atoms with Gasteiger partial charge in [-0.15, -0.1) is 0 Å². The standard InChI is InChI=1S/C20H20N2O4/c1-10-7-13-14(8-11(10)2)22-20-17(21-13)18(23)19(26-20)12-5-6-15(24-3)16(9-12)25-4/h5-9,17,19,21H,1-4H3. The molecular formula is C20H20N2O4. The molecule has 0 aliphatic carbocycles. The number of aliphatic imine (C=N–C) groups is 1. The number of methoxy groups -OCH3 is 2. The van der Waals surface area contributed by atoms with Crippen LogP contribution >= 0.6 is 0 Å². The molecule has 2 heterocycles. The fourth-order valence-corrected chi connectivity index (χ4v) is 3.28. The summed E-state index contributed by atoms with van der Waals surface area (Å²) in [5.41, 5.74) is 4.65. The second kappa shape index (κ2) is 6.05. The van der Waals surface area contributed by atoms with Crippen molar-refractivity contribution in [2.75, 3.05) is 19.5 Å². The maximum atomic E-state index is 12.9. The molecule has 0 amide bonds. The van der Waals surface area contributed by atoms with Crippen molar-refractivity contribution < 1.29 is 19.0 Å². The van der Waals surface area contributed by atoms with Crippen LogP contribution in [0.25, 0.3) is 0 Å². The summed E-state index contributed by atoms with van der Waals surface area (Å²) >= 11 is 0. The molecule has 134 valence electrons. The fourth-order valence-electron chi connectivity index (χ4n) is 3.28. The van der Waals surface area contributed by atoms with E-state index in [0.29, 0.717) is 23.0 Å². The van der Waals surface area contributed by atoms with E-state index in [2.05, 4.69) is 10.3 Å². The number of nitrogens with zero attached hydrogens (tertiary/aromatic N) is 1. The molecule has 0 bridgehead atoms. The van der Waals surface area contributed by atoms with Crippen LogP contribution in [0, 0.1) is 13.8 Å². The highest BCUT2D eigenvalue weighted by molar-refractivity contribution is 6.17. The summed E-state index contributed by atoms with van der Waals surface area (Å²) in [4.78, 5) is 17.5. The van der Waals surface area contributed by atoms with Gasteiger partial charge in [0.2, 0.25) is 11.7 Å².